The van der Waals surface area contributed by atoms with Crippen molar-refractivity contribution >= 4 is 40.2 Å². The van der Waals surface area contributed by atoms with E-state index in [1.165, 1.54) is 0 Å². The number of ether oxygens (including phenoxy) is 1. The molecule has 3 rings (SSSR count). The van der Waals surface area contributed by atoms with Gasteiger partial charge in [-0.1, -0.05) is 18.2 Å². The lowest BCUT2D eigenvalue weighted by atomic mass is 9.98. The summed E-state index contributed by atoms with van der Waals surface area (Å²) in [6.07, 6.45) is -0.391. The lowest BCUT2D eigenvalue weighted by Crippen LogP contribution is -2.38. The van der Waals surface area contributed by atoms with Gasteiger partial charge in [0.25, 0.3) is 5.91 Å². The van der Waals surface area contributed by atoms with Gasteiger partial charge in [0.1, 0.15) is 0 Å². The van der Waals surface area contributed by atoms with Crippen LogP contribution in [0, 0.1) is 10.5 Å². The van der Waals surface area contributed by atoms with Crippen molar-refractivity contribution in [1.29, 1.82) is 0 Å². The number of benzene rings is 2. The zero-order chi connectivity index (χ0) is 15.7. The minimum Gasteiger partial charge on any atom is -0.448 e. The smallest absolute Gasteiger partial charge is 0.339 e. The molecule has 1 atom stereocenters. The maximum absolute atomic E-state index is 12.4. The molecule has 0 aromatic heterocycles. The number of aryl methyl sites for hydroxylation is 1. The summed E-state index contributed by atoms with van der Waals surface area (Å²) in [7, 11) is 0. The Morgan fingerprint density at radius 2 is 2.05 bits per heavy atom. The summed E-state index contributed by atoms with van der Waals surface area (Å²) in [5, 5.41) is 2.84. The van der Waals surface area contributed by atoms with Crippen molar-refractivity contribution in [3.05, 3.63) is 62.7 Å². The number of fused-ring (bicyclic) bond motifs is 1. The first kappa shape index (κ1) is 15.0. The quantitative estimate of drug-likeness (QED) is 0.614. The third-order valence-electron chi connectivity index (χ3n) is 3.63. The van der Waals surface area contributed by atoms with Gasteiger partial charge < -0.3 is 10.1 Å². The third kappa shape index (κ3) is 2.99. The molecule has 1 heterocycles. The average molecular weight is 407 g/mol. The molecule has 112 valence electrons. The summed E-state index contributed by atoms with van der Waals surface area (Å²) in [4.78, 5) is 24.3. The summed E-state index contributed by atoms with van der Waals surface area (Å²) in [6.45, 7) is 1.93. The molecule has 2 aromatic rings. The molecule has 4 nitrogen and oxygen atoms in total. The maximum atomic E-state index is 12.4. The number of anilines is 1. The highest BCUT2D eigenvalue weighted by atomic mass is 127. The third-order valence-corrected chi connectivity index (χ3v) is 4.30. The van der Waals surface area contributed by atoms with E-state index in [1.807, 2.05) is 37.3 Å². The van der Waals surface area contributed by atoms with E-state index in [0.717, 1.165) is 20.4 Å². The Morgan fingerprint density at radius 3 is 2.82 bits per heavy atom. The molecule has 0 saturated heterocycles. The number of carbonyl (C=O) groups excluding carboxylic acids is 2. The molecule has 0 saturated carbocycles. The standard InChI is InChI=1S/C17H14INO3/c1-10-8-12(18)6-7-14(10)19-16(20)15-9-11-4-2-3-5-13(11)17(21)22-15/h2-8,15H,9H2,1H3,(H,19,20). The molecule has 22 heavy (non-hydrogen) atoms. The number of rotatable bonds is 2. The topological polar surface area (TPSA) is 55.4 Å². The van der Waals surface area contributed by atoms with Gasteiger partial charge in [-0.05, 0) is 64.9 Å². The molecule has 0 bridgehead atoms. The fourth-order valence-electron chi connectivity index (χ4n) is 2.46. The first-order valence-corrected chi connectivity index (χ1v) is 7.98. The van der Waals surface area contributed by atoms with Crippen LogP contribution in [0.15, 0.2) is 42.5 Å². The second-order valence-corrected chi connectivity index (χ2v) is 6.45. The van der Waals surface area contributed by atoms with Gasteiger partial charge in [0.2, 0.25) is 0 Å². The predicted molar refractivity (Wildman–Crippen MR) is 91.9 cm³/mol. The molecule has 1 aliphatic rings. The predicted octanol–water partition coefficient (Wildman–Crippen LogP) is 3.32. The van der Waals surface area contributed by atoms with E-state index >= 15 is 0 Å². The van der Waals surface area contributed by atoms with Crippen molar-refractivity contribution in [3.63, 3.8) is 0 Å². The normalized spacial score (nSPS) is 16.6. The number of hydrogen-bond acceptors (Lipinski definition) is 3. The summed E-state index contributed by atoms with van der Waals surface area (Å²) < 4.78 is 6.36. The monoisotopic (exact) mass is 407 g/mol. The van der Waals surface area contributed by atoms with Crippen LogP contribution in [0.4, 0.5) is 5.69 Å². The van der Waals surface area contributed by atoms with Gasteiger partial charge in [0.05, 0.1) is 5.56 Å². The van der Waals surface area contributed by atoms with Crippen LogP contribution in [-0.4, -0.2) is 18.0 Å². The Morgan fingerprint density at radius 1 is 1.27 bits per heavy atom. The summed E-state index contributed by atoms with van der Waals surface area (Å²) in [5.41, 5.74) is 3.10. The second-order valence-electron chi connectivity index (χ2n) is 5.20. The fourth-order valence-corrected chi connectivity index (χ4v) is 3.11. The summed E-state index contributed by atoms with van der Waals surface area (Å²) in [6, 6.07) is 13.0. The molecule has 1 unspecified atom stereocenters. The molecular formula is C17H14INO3. The molecule has 0 spiro atoms. The van der Waals surface area contributed by atoms with Crippen molar-refractivity contribution < 1.29 is 14.3 Å². The maximum Gasteiger partial charge on any atom is 0.339 e. The van der Waals surface area contributed by atoms with Crippen LogP contribution in [-0.2, 0) is 16.0 Å². The lowest BCUT2D eigenvalue weighted by molar-refractivity contribution is -0.125. The van der Waals surface area contributed by atoms with E-state index in [1.54, 1.807) is 12.1 Å². The lowest BCUT2D eigenvalue weighted by Gasteiger charge is -2.24. The molecule has 0 fully saturated rings. The van der Waals surface area contributed by atoms with Crippen LogP contribution in [0.3, 0.4) is 0 Å². The van der Waals surface area contributed by atoms with Gasteiger partial charge in [-0.15, -0.1) is 0 Å². The minimum atomic E-state index is -0.791. The SMILES string of the molecule is Cc1cc(I)ccc1NC(=O)C1Cc2ccccc2C(=O)O1. The van der Waals surface area contributed by atoms with Crippen LogP contribution >= 0.6 is 22.6 Å². The van der Waals surface area contributed by atoms with E-state index in [4.69, 9.17) is 4.74 Å². The Bertz CT molecular complexity index is 757. The van der Waals surface area contributed by atoms with Crippen molar-refractivity contribution in [2.24, 2.45) is 0 Å². The molecule has 2 aromatic carbocycles. The summed E-state index contributed by atoms with van der Waals surface area (Å²) >= 11 is 2.22. The van der Waals surface area contributed by atoms with Crippen molar-refractivity contribution in [1.82, 2.24) is 0 Å². The van der Waals surface area contributed by atoms with E-state index in [-0.39, 0.29) is 5.91 Å². The highest BCUT2D eigenvalue weighted by Gasteiger charge is 2.31. The molecule has 0 aliphatic carbocycles. The zero-order valence-electron chi connectivity index (χ0n) is 11.9. The van der Waals surface area contributed by atoms with E-state index in [2.05, 4.69) is 27.9 Å². The van der Waals surface area contributed by atoms with Gasteiger partial charge in [-0.3, -0.25) is 4.79 Å². The molecule has 0 radical (unpaired) electrons. The highest BCUT2D eigenvalue weighted by Crippen LogP contribution is 2.23. The first-order valence-electron chi connectivity index (χ1n) is 6.90. The van der Waals surface area contributed by atoms with Crippen molar-refractivity contribution in [3.8, 4) is 0 Å². The number of cyclic esters (lactones) is 1. The molecule has 1 aliphatic heterocycles. The first-order chi connectivity index (χ1) is 10.5. The zero-order valence-corrected chi connectivity index (χ0v) is 14.1. The Hall–Kier alpha value is -1.89. The van der Waals surface area contributed by atoms with Gasteiger partial charge in [0.15, 0.2) is 6.10 Å². The van der Waals surface area contributed by atoms with Crippen LogP contribution in [0.2, 0.25) is 0 Å². The largest absolute Gasteiger partial charge is 0.448 e. The second kappa shape index (κ2) is 6.08. The van der Waals surface area contributed by atoms with E-state index in [0.29, 0.717) is 12.0 Å². The Kier molecular flexibility index (Phi) is 4.15. The van der Waals surface area contributed by atoms with E-state index < -0.39 is 12.1 Å². The Balaban J connectivity index is 1.78. The highest BCUT2D eigenvalue weighted by molar-refractivity contribution is 14.1. The fraction of sp³-hybridized carbons (Fsp3) is 0.176. The van der Waals surface area contributed by atoms with Crippen LogP contribution in [0.5, 0.6) is 0 Å². The van der Waals surface area contributed by atoms with Crippen LogP contribution in [0.25, 0.3) is 0 Å². The van der Waals surface area contributed by atoms with Crippen molar-refractivity contribution in [2.45, 2.75) is 19.4 Å². The van der Waals surface area contributed by atoms with Crippen molar-refractivity contribution in [2.75, 3.05) is 5.32 Å². The number of hydrogen-bond donors (Lipinski definition) is 1. The van der Waals surface area contributed by atoms with E-state index in [9.17, 15) is 9.59 Å². The molecule has 1 amide bonds. The number of amides is 1. The molecule has 5 heteroatoms. The molecule has 1 N–H and O–H groups in total. The minimum absolute atomic E-state index is 0.299. The van der Waals surface area contributed by atoms with Crippen LogP contribution < -0.4 is 5.32 Å². The number of esters is 1. The molecular weight excluding hydrogens is 393 g/mol. The average Bonchev–Trinajstić information content (AvgIpc) is 2.50. The van der Waals surface area contributed by atoms with Gasteiger partial charge >= 0.3 is 5.97 Å². The number of nitrogens with one attached hydrogen (secondary N) is 1. The van der Waals surface area contributed by atoms with Gasteiger partial charge in [-0.25, -0.2) is 4.79 Å². The number of carbonyl (C=O) groups is 2. The Labute approximate surface area is 142 Å². The summed E-state index contributed by atoms with van der Waals surface area (Å²) in [5.74, 6) is -0.742. The van der Waals surface area contributed by atoms with Gasteiger partial charge in [-0.2, -0.15) is 0 Å². The van der Waals surface area contributed by atoms with Gasteiger partial charge in [0, 0.05) is 15.7 Å². The van der Waals surface area contributed by atoms with Crippen LogP contribution in [0.1, 0.15) is 21.5 Å². The number of halogens is 1.